The Morgan fingerprint density at radius 2 is 2.00 bits per heavy atom. The number of aryl methyl sites for hydroxylation is 1. The standard InChI is InChI=1S/C14H16BrNOS/c1-10-11(7-14(18-10)8-16-2)9-17-13-5-3-12(15)4-6-13/h3-7,16H,8-9H2,1-2H3. The molecule has 0 bridgehead atoms. The van der Waals surface area contributed by atoms with E-state index in [4.69, 9.17) is 4.74 Å². The lowest BCUT2D eigenvalue weighted by Gasteiger charge is -2.05. The Morgan fingerprint density at radius 3 is 2.67 bits per heavy atom. The van der Waals surface area contributed by atoms with Crippen molar-refractivity contribution in [3.63, 3.8) is 0 Å². The Bertz CT molecular complexity index is 507. The van der Waals surface area contributed by atoms with Crippen molar-refractivity contribution in [2.45, 2.75) is 20.1 Å². The van der Waals surface area contributed by atoms with Crippen molar-refractivity contribution in [2.24, 2.45) is 0 Å². The molecule has 0 aliphatic carbocycles. The molecule has 0 atom stereocenters. The molecule has 0 saturated carbocycles. The highest BCUT2D eigenvalue weighted by Crippen LogP contribution is 2.23. The Balaban J connectivity index is 1.99. The Hall–Kier alpha value is -0.840. The van der Waals surface area contributed by atoms with Gasteiger partial charge in [-0.15, -0.1) is 11.3 Å². The van der Waals surface area contributed by atoms with Crippen molar-refractivity contribution >= 4 is 27.3 Å². The van der Waals surface area contributed by atoms with Crippen LogP contribution in [0.2, 0.25) is 0 Å². The number of benzene rings is 1. The van der Waals surface area contributed by atoms with Gasteiger partial charge in [-0.1, -0.05) is 15.9 Å². The lowest BCUT2D eigenvalue weighted by Crippen LogP contribution is -2.02. The number of nitrogens with one attached hydrogen (secondary N) is 1. The minimum Gasteiger partial charge on any atom is -0.489 e. The highest BCUT2D eigenvalue weighted by Gasteiger charge is 2.05. The van der Waals surface area contributed by atoms with E-state index in [-0.39, 0.29) is 0 Å². The van der Waals surface area contributed by atoms with Crippen molar-refractivity contribution in [3.8, 4) is 5.75 Å². The molecule has 2 rings (SSSR count). The van der Waals surface area contributed by atoms with Crippen LogP contribution in [0.3, 0.4) is 0 Å². The van der Waals surface area contributed by atoms with Gasteiger partial charge < -0.3 is 10.1 Å². The summed E-state index contributed by atoms with van der Waals surface area (Å²) < 4.78 is 6.85. The maximum absolute atomic E-state index is 5.78. The van der Waals surface area contributed by atoms with Crippen LogP contribution >= 0.6 is 27.3 Å². The molecule has 0 unspecified atom stereocenters. The van der Waals surface area contributed by atoms with E-state index in [1.807, 2.05) is 42.6 Å². The van der Waals surface area contributed by atoms with Gasteiger partial charge >= 0.3 is 0 Å². The molecule has 0 fully saturated rings. The fourth-order valence-corrected chi connectivity index (χ4v) is 3.01. The predicted octanol–water partition coefficient (Wildman–Crippen LogP) is 4.12. The van der Waals surface area contributed by atoms with E-state index in [1.165, 1.54) is 15.3 Å². The second-order valence-corrected chi connectivity index (χ2v) is 6.32. The lowest BCUT2D eigenvalue weighted by molar-refractivity contribution is 0.306. The Labute approximate surface area is 120 Å². The van der Waals surface area contributed by atoms with Gasteiger partial charge in [0.25, 0.3) is 0 Å². The largest absolute Gasteiger partial charge is 0.489 e. The van der Waals surface area contributed by atoms with Gasteiger partial charge in [-0.3, -0.25) is 0 Å². The van der Waals surface area contributed by atoms with Gasteiger partial charge in [-0.05, 0) is 44.3 Å². The molecule has 1 N–H and O–H groups in total. The van der Waals surface area contributed by atoms with Gasteiger partial charge in [0.15, 0.2) is 0 Å². The molecule has 4 heteroatoms. The fourth-order valence-electron chi connectivity index (χ4n) is 1.68. The van der Waals surface area contributed by atoms with Crippen LogP contribution in [0.25, 0.3) is 0 Å². The molecule has 0 amide bonds. The molecule has 96 valence electrons. The maximum atomic E-state index is 5.78. The summed E-state index contributed by atoms with van der Waals surface area (Å²) in [6.07, 6.45) is 0. The summed E-state index contributed by atoms with van der Waals surface area (Å²) in [5, 5.41) is 3.17. The van der Waals surface area contributed by atoms with Crippen LogP contribution in [-0.4, -0.2) is 7.05 Å². The van der Waals surface area contributed by atoms with Crippen LogP contribution in [0.15, 0.2) is 34.8 Å². The summed E-state index contributed by atoms with van der Waals surface area (Å²) in [5.74, 6) is 0.902. The van der Waals surface area contributed by atoms with E-state index in [2.05, 4.69) is 34.2 Å². The summed E-state index contributed by atoms with van der Waals surface area (Å²) in [5.41, 5.74) is 1.27. The lowest BCUT2D eigenvalue weighted by atomic mass is 10.2. The molecular weight excluding hydrogens is 310 g/mol. The van der Waals surface area contributed by atoms with Crippen LogP contribution in [0, 0.1) is 6.92 Å². The topological polar surface area (TPSA) is 21.3 Å². The predicted molar refractivity (Wildman–Crippen MR) is 80.3 cm³/mol. The van der Waals surface area contributed by atoms with Crippen molar-refractivity contribution in [3.05, 3.63) is 50.1 Å². The average molecular weight is 326 g/mol. The van der Waals surface area contributed by atoms with Crippen LogP contribution in [0.5, 0.6) is 5.75 Å². The first-order valence-electron chi connectivity index (χ1n) is 5.80. The third-order valence-electron chi connectivity index (χ3n) is 2.63. The maximum Gasteiger partial charge on any atom is 0.119 e. The zero-order chi connectivity index (χ0) is 13.0. The molecule has 0 radical (unpaired) electrons. The van der Waals surface area contributed by atoms with Gasteiger partial charge in [0.1, 0.15) is 12.4 Å². The second-order valence-electron chi connectivity index (χ2n) is 4.07. The highest BCUT2D eigenvalue weighted by molar-refractivity contribution is 9.10. The molecule has 2 aromatic rings. The van der Waals surface area contributed by atoms with Gasteiger partial charge in [-0.2, -0.15) is 0 Å². The van der Waals surface area contributed by atoms with Crippen LogP contribution < -0.4 is 10.1 Å². The van der Waals surface area contributed by atoms with E-state index in [1.54, 1.807) is 0 Å². The third-order valence-corrected chi connectivity index (χ3v) is 4.25. The number of hydrogen-bond donors (Lipinski definition) is 1. The minimum atomic E-state index is 0.633. The summed E-state index contributed by atoms with van der Waals surface area (Å²) in [6, 6.07) is 10.1. The summed E-state index contributed by atoms with van der Waals surface area (Å²) in [6.45, 7) is 3.70. The quantitative estimate of drug-likeness (QED) is 0.892. The summed E-state index contributed by atoms with van der Waals surface area (Å²) >= 11 is 5.24. The van der Waals surface area contributed by atoms with Crippen molar-refractivity contribution < 1.29 is 4.74 Å². The van der Waals surface area contributed by atoms with E-state index >= 15 is 0 Å². The molecule has 2 nitrogen and oxygen atoms in total. The molecule has 1 aromatic heterocycles. The van der Waals surface area contributed by atoms with E-state index in [0.717, 1.165) is 16.8 Å². The summed E-state index contributed by atoms with van der Waals surface area (Å²) in [7, 11) is 1.97. The number of hydrogen-bond acceptors (Lipinski definition) is 3. The number of ether oxygens (including phenoxy) is 1. The molecule has 1 heterocycles. The van der Waals surface area contributed by atoms with Crippen molar-refractivity contribution in [1.29, 1.82) is 0 Å². The van der Waals surface area contributed by atoms with Crippen LogP contribution in [0.1, 0.15) is 15.3 Å². The van der Waals surface area contributed by atoms with Gasteiger partial charge in [-0.25, -0.2) is 0 Å². The first-order valence-corrected chi connectivity index (χ1v) is 7.41. The van der Waals surface area contributed by atoms with Gasteiger partial charge in [0, 0.05) is 26.3 Å². The van der Waals surface area contributed by atoms with Gasteiger partial charge in [0.05, 0.1) is 0 Å². The first-order chi connectivity index (χ1) is 8.69. The van der Waals surface area contributed by atoms with E-state index < -0.39 is 0 Å². The number of thiophene rings is 1. The monoisotopic (exact) mass is 325 g/mol. The molecular formula is C14H16BrNOS. The summed E-state index contributed by atoms with van der Waals surface area (Å²) in [4.78, 5) is 2.68. The van der Waals surface area contributed by atoms with Crippen LogP contribution in [0.4, 0.5) is 0 Å². The van der Waals surface area contributed by atoms with Crippen molar-refractivity contribution in [1.82, 2.24) is 5.32 Å². The Morgan fingerprint density at radius 1 is 1.28 bits per heavy atom. The zero-order valence-electron chi connectivity index (χ0n) is 10.5. The van der Waals surface area contributed by atoms with Gasteiger partial charge in [0.2, 0.25) is 0 Å². The molecule has 0 saturated heterocycles. The number of rotatable bonds is 5. The van der Waals surface area contributed by atoms with Crippen LogP contribution in [-0.2, 0) is 13.2 Å². The molecule has 1 aromatic carbocycles. The fraction of sp³-hybridized carbons (Fsp3) is 0.286. The molecule has 0 aliphatic rings. The van der Waals surface area contributed by atoms with E-state index in [9.17, 15) is 0 Å². The van der Waals surface area contributed by atoms with E-state index in [0.29, 0.717) is 6.61 Å². The highest BCUT2D eigenvalue weighted by atomic mass is 79.9. The smallest absolute Gasteiger partial charge is 0.119 e. The molecule has 0 aliphatic heterocycles. The number of halogens is 1. The molecule has 18 heavy (non-hydrogen) atoms. The second kappa shape index (κ2) is 6.36. The first kappa shape index (κ1) is 13.6. The average Bonchev–Trinajstić information content (AvgIpc) is 2.70. The minimum absolute atomic E-state index is 0.633. The Kier molecular flexibility index (Phi) is 4.80. The molecule has 0 spiro atoms. The normalized spacial score (nSPS) is 10.6. The SMILES string of the molecule is CNCc1cc(COc2ccc(Br)cc2)c(C)s1. The van der Waals surface area contributed by atoms with Crippen molar-refractivity contribution in [2.75, 3.05) is 7.05 Å². The zero-order valence-corrected chi connectivity index (χ0v) is 12.9. The third kappa shape index (κ3) is 3.57.